The van der Waals surface area contributed by atoms with Gasteiger partial charge in [-0.2, -0.15) is 0 Å². The zero-order valence-corrected chi connectivity index (χ0v) is 12.9. The van der Waals surface area contributed by atoms with E-state index < -0.39 is 0 Å². The molecule has 1 aromatic rings. The average Bonchev–Trinajstić information content (AvgIpc) is 3.12. The van der Waals surface area contributed by atoms with Crippen LogP contribution in [0.2, 0.25) is 0 Å². The molecule has 0 bridgehead atoms. The second-order valence-electron chi connectivity index (χ2n) is 5.10. The standard InChI is InChI=1S/C14H24N4S/c1-4-15-14(16-8-7-12-5-6-12)17-9-13-10(2)18-11(3)19-13/h12H,4-9H2,1-3H3,(H2,15,16,17). The van der Waals surface area contributed by atoms with Gasteiger partial charge < -0.3 is 10.6 Å². The van der Waals surface area contributed by atoms with Gasteiger partial charge in [0.2, 0.25) is 0 Å². The van der Waals surface area contributed by atoms with Crippen LogP contribution in [-0.4, -0.2) is 24.0 Å². The quantitative estimate of drug-likeness (QED) is 0.622. The van der Waals surface area contributed by atoms with Crippen LogP contribution in [0.1, 0.15) is 41.8 Å². The summed E-state index contributed by atoms with van der Waals surface area (Å²) < 4.78 is 0. The lowest BCUT2D eigenvalue weighted by Crippen LogP contribution is -2.37. The second-order valence-corrected chi connectivity index (χ2v) is 6.38. The van der Waals surface area contributed by atoms with E-state index in [1.54, 1.807) is 11.3 Å². The molecule has 1 heterocycles. The van der Waals surface area contributed by atoms with Crippen LogP contribution in [0.3, 0.4) is 0 Å². The molecule has 0 saturated heterocycles. The van der Waals surface area contributed by atoms with Crippen LogP contribution in [-0.2, 0) is 6.54 Å². The first kappa shape index (κ1) is 14.3. The van der Waals surface area contributed by atoms with Crippen LogP contribution in [0.15, 0.2) is 4.99 Å². The highest BCUT2D eigenvalue weighted by Gasteiger charge is 2.20. The Hall–Kier alpha value is -1.10. The first-order valence-electron chi connectivity index (χ1n) is 7.14. The van der Waals surface area contributed by atoms with Crippen molar-refractivity contribution in [1.29, 1.82) is 0 Å². The third kappa shape index (κ3) is 4.82. The minimum absolute atomic E-state index is 0.718. The number of aromatic nitrogens is 1. The van der Waals surface area contributed by atoms with Crippen molar-refractivity contribution in [3.8, 4) is 0 Å². The number of guanidine groups is 1. The lowest BCUT2D eigenvalue weighted by molar-refractivity contribution is 0.685. The van der Waals surface area contributed by atoms with Crippen molar-refractivity contribution < 1.29 is 0 Å². The van der Waals surface area contributed by atoms with E-state index in [2.05, 4.69) is 34.5 Å². The van der Waals surface area contributed by atoms with Gasteiger partial charge in [-0.1, -0.05) is 12.8 Å². The van der Waals surface area contributed by atoms with Crippen LogP contribution in [0.4, 0.5) is 0 Å². The monoisotopic (exact) mass is 280 g/mol. The van der Waals surface area contributed by atoms with Crippen molar-refractivity contribution >= 4 is 17.3 Å². The molecule has 1 aliphatic rings. The SMILES string of the molecule is CCNC(=NCc1sc(C)nc1C)NCCC1CC1. The van der Waals surface area contributed by atoms with Crippen molar-refractivity contribution in [2.24, 2.45) is 10.9 Å². The van der Waals surface area contributed by atoms with Crippen molar-refractivity contribution in [3.05, 3.63) is 15.6 Å². The van der Waals surface area contributed by atoms with Gasteiger partial charge in [-0.25, -0.2) is 9.98 Å². The minimum atomic E-state index is 0.718. The predicted molar refractivity (Wildman–Crippen MR) is 81.7 cm³/mol. The molecular formula is C14H24N4S. The topological polar surface area (TPSA) is 49.3 Å². The molecule has 0 aliphatic heterocycles. The van der Waals surface area contributed by atoms with Crippen molar-refractivity contribution in [1.82, 2.24) is 15.6 Å². The molecule has 1 aromatic heterocycles. The molecule has 19 heavy (non-hydrogen) atoms. The number of aryl methyl sites for hydroxylation is 2. The molecule has 1 saturated carbocycles. The lowest BCUT2D eigenvalue weighted by Gasteiger charge is -2.10. The summed E-state index contributed by atoms with van der Waals surface area (Å²) in [6.45, 7) is 8.84. The molecule has 106 valence electrons. The fourth-order valence-corrected chi connectivity index (χ4v) is 2.88. The van der Waals surface area contributed by atoms with E-state index in [1.165, 1.54) is 24.1 Å². The predicted octanol–water partition coefficient (Wildman–Crippen LogP) is 2.62. The molecule has 2 N–H and O–H groups in total. The zero-order valence-electron chi connectivity index (χ0n) is 12.1. The number of aliphatic imine (C=N–C) groups is 1. The number of rotatable bonds is 6. The van der Waals surface area contributed by atoms with E-state index in [-0.39, 0.29) is 0 Å². The van der Waals surface area contributed by atoms with Gasteiger partial charge in [0.25, 0.3) is 0 Å². The summed E-state index contributed by atoms with van der Waals surface area (Å²) in [6, 6.07) is 0. The molecular weight excluding hydrogens is 256 g/mol. The van der Waals surface area contributed by atoms with Gasteiger partial charge in [-0.3, -0.25) is 0 Å². The van der Waals surface area contributed by atoms with Gasteiger partial charge in [0.1, 0.15) is 0 Å². The summed E-state index contributed by atoms with van der Waals surface area (Å²) in [5, 5.41) is 7.83. The van der Waals surface area contributed by atoms with Crippen molar-refractivity contribution in [2.75, 3.05) is 13.1 Å². The van der Waals surface area contributed by atoms with Gasteiger partial charge >= 0.3 is 0 Å². The fourth-order valence-electron chi connectivity index (χ4n) is 2.01. The van der Waals surface area contributed by atoms with E-state index >= 15 is 0 Å². The smallest absolute Gasteiger partial charge is 0.191 e. The highest BCUT2D eigenvalue weighted by molar-refractivity contribution is 7.11. The molecule has 2 rings (SSSR count). The number of nitrogens with zero attached hydrogens (tertiary/aromatic N) is 2. The highest BCUT2D eigenvalue weighted by Crippen LogP contribution is 2.31. The molecule has 0 unspecified atom stereocenters. The number of hydrogen-bond acceptors (Lipinski definition) is 3. The maximum Gasteiger partial charge on any atom is 0.191 e. The zero-order chi connectivity index (χ0) is 13.7. The van der Waals surface area contributed by atoms with Gasteiger partial charge in [-0.05, 0) is 33.1 Å². The number of hydrogen-bond donors (Lipinski definition) is 2. The van der Waals surface area contributed by atoms with E-state index in [0.717, 1.165) is 42.2 Å². The molecule has 5 heteroatoms. The Kier molecular flexibility index (Phi) is 5.19. The Balaban J connectivity index is 1.85. The first-order chi connectivity index (χ1) is 9.19. The van der Waals surface area contributed by atoms with Crippen LogP contribution < -0.4 is 10.6 Å². The van der Waals surface area contributed by atoms with Gasteiger partial charge in [-0.15, -0.1) is 11.3 Å². The van der Waals surface area contributed by atoms with E-state index in [9.17, 15) is 0 Å². The largest absolute Gasteiger partial charge is 0.357 e. The fraction of sp³-hybridized carbons (Fsp3) is 0.714. The first-order valence-corrected chi connectivity index (χ1v) is 7.95. The summed E-state index contributed by atoms with van der Waals surface area (Å²) >= 11 is 1.74. The van der Waals surface area contributed by atoms with Crippen LogP contribution >= 0.6 is 11.3 Å². The number of thiazole rings is 1. The van der Waals surface area contributed by atoms with E-state index in [0.29, 0.717) is 0 Å². The maximum atomic E-state index is 4.64. The Morgan fingerprint density at radius 1 is 1.37 bits per heavy atom. The molecule has 0 aromatic carbocycles. The van der Waals surface area contributed by atoms with Crippen LogP contribution in [0.5, 0.6) is 0 Å². The maximum absolute atomic E-state index is 4.64. The summed E-state index contributed by atoms with van der Waals surface area (Å²) in [7, 11) is 0. The Morgan fingerprint density at radius 2 is 2.16 bits per heavy atom. The third-order valence-corrected chi connectivity index (χ3v) is 4.32. The average molecular weight is 280 g/mol. The highest BCUT2D eigenvalue weighted by atomic mass is 32.1. The molecule has 0 spiro atoms. The Labute approximate surface area is 119 Å². The number of nitrogens with one attached hydrogen (secondary N) is 2. The molecule has 0 amide bonds. The van der Waals surface area contributed by atoms with Gasteiger partial charge in [0.05, 0.1) is 17.2 Å². The van der Waals surface area contributed by atoms with E-state index in [4.69, 9.17) is 0 Å². The lowest BCUT2D eigenvalue weighted by atomic mass is 10.3. The van der Waals surface area contributed by atoms with Gasteiger partial charge in [0.15, 0.2) is 5.96 Å². The third-order valence-electron chi connectivity index (χ3n) is 3.27. The summed E-state index contributed by atoms with van der Waals surface area (Å²) in [6.07, 6.45) is 4.09. The van der Waals surface area contributed by atoms with Crippen LogP contribution in [0, 0.1) is 19.8 Å². The van der Waals surface area contributed by atoms with Gasteiger partial charge in [0, 0.05) is 18.0 Å². The van der Waals surface area contributed by atoms with Crippen molar-refractivity contribution in [2.45, 2.75) is 46.6 Å². The van der Waals surface area contributed by atoms with Crippen LogP contribution in [0.25, 0.3) is 0 Å². The Morgan fingerprint density at radius 3 is 2.74 bits per heavy atom. The molecule has 0 radical (unpaired) electrons. The summed E-state index contributed by atoms with van der Waals surface area (Å²) in [5.41, 5.74) is 1.11. The summed E-state index contributed by atoms with van der Waals surface area (Å²) in [5.74, 6) is 1.88. The minimum Gasteiger partial charge on any atom is -0.357 e. The second kappa shape index (κ2) is 6.89. The normalized spacial score (nSPS) is 15.6. The molecule has 1 aliphatic carbocycles. The van der Waals surface area contributed by atoms with Crippen molar-refractivity contribution in [3.63, 3.8) is 0 Å². The molecule has 4 nitrogen and oxygen atoms in total. The Bertz CT molecular complexity index is 435. The molecule has 0 atom stereocenters. The summed E-state index contributed by atoms with van der Waals surface area (Å²) in [4.78, 5) is 10.3. The molecule has 1 fully saturated rings. The van der Waals surface area contributed by atoms with E-state index in [1.807, 2.05) is 6.92 Å².